The summed E-state index contributed by atoms with van der Waals surface area (Å²) >= 11 is 0. The van der Waals surface area contributed by atoms with Crippen LogP contribution in [0.2, 0.25) is 0 Å². The molecular formula is C6H12N2O3S. The number of rotatable bonds is 6. The Morgan fingerprint density at radius 2 is 1.75 bits per heavy atom. The van der Waals surface area contributed by atoms with E-state index < -0.39 is 10.3 Å². The van der Waals surface area contributed by atoms with Crippen molar-refractivity contribution in [2.24, 2.45) is 5.14 Å². The van der Waals surface area contributed by atoms with Gasteiger partial charge in [0.05, 0.1) is 0 Å². The molecule has 0 amide bonds. The largest absolute Gasteiger partial charge is 0.349 e. The van der Waals surface area contributed by atoms with E-state index in [1.54, 1.807) is 0 Å². The van der Waals surface area contributed by atoms with E-state index in [0.29, 0.717) is 0 Å². The number of hydrogen-bond donors (Lipinski definition) is 1. The van der Waals surface area contributed by atoms with E-state index in [1.165, 1.54) is 12.2 Å². The third kappa shape index (κ3) is 6.05. The Morgan fingerprint density at radius 3 is 2.00 bits per heavy atom. The van der Waals surface area contributed by atoms with Gasteiger partial charge < -0.3 is 0 Å². The SMILES string of the molecule is C=CCN(CC=C)OS(N)(=O)=O. The van der Waals surface area contributed by atoms with E-state index >= 15 is 0 Å². The lowest BCUT2D eigenvalue weighted by Gasteiger charge is -2.15. The number of hydrogen-bond acceptors (Lipinski definition) is 4. The van der Waals surface area contributed by atoms with E-state index in [4.69, 9.17) is 0 Å². The summed E-state index contributed by atoms with van der Waals surface area (Å²) in [6, 6.07) is 0. The normalized spacial score (nSPS) is 11.5. The van der Waals surface area contributed by atoms with Gasteiger partial charge >= 0.3 is 10.3 Å². The average Bonchev–Trinajstić information content (AvgIpc) is 1.84. The van der Waals surface area contributed by atoms with Crippen LogP contribution in [0.5, 0.6) is 0 Å². The van der Waals surface area contributed by atoms with Gasteiger partial charge in [-0.1, -0.05) is 12.2 Å². The fourth-order valence-electron chi connectivity index (χ4n) is 0.570. The van der Waals surface area contributed by atoms with Gasteiger partial charge in [-0.15, -0.1) is 13.2 Å². The van der Waals surface area contributed by atoms with Gasteiger partial charge in [-0.2, -0.15) is 17.8 Å². The summed E-state index contributed by atoms with van der Waals surface area (Å²) in [7, 11) is -3.94. The maximum atomic E-state index is 10.4. The Labute approximate surface area is 72.3 Å². The summed E-state index contributed by atoms with van der Waals surface area (Å²) in [5.74, 6) is 0. The molecule has 0 heterocycles. The minimum atomic E-state index is -3.94. The molecule has 2 N–H and O–H groups in total. The molecule has 0 fully saturated rings. The summed E-state index contributed by atoms with van der Waals surface area (Å²) in [5.41, 5.74) is 0. The highest BCUT2D eigenvalue weighted by molar-refractivity contribution is 7.84. The Bertz CT molecular complexity index is 238. The van der Waals surface area contributed by atoms with Crippen molar-refractivity contribution in [1.29, 1.82) is 0 Å². The molecular weight excluding hydrogens is 180 g/mol. The summed E-state index contributed by atoms with van der Waals surface area (Å²) in [4.78, 5) is 0. The van der Waals surface area contributed by atoms with Gasteiger partial charge in [0.15, 0.2) is 0 Å². The van der Waals surface area contributed by atoms with Crippen LogP contribution in [0.3, 0.4) is 0 Å². The molecule has 0 atom stereocenters. The van der Waals surface area contributed by atoms with Crippen LogP contribution in [0, 0.1) is 0 Å². The molecule has 0 aromatic carbocycles. The maximum Gasteiger partial charge on any atom is 0.349 e. The molecule has 6 heteroatoms. The van der Waals surface area contributed by atoms with Crippen LogP contribution in [0.25, 0.3) is 0 Å². The van der Waals surface area contributed by atoms with Crippen LogP contribution in [-0.4, -0.2) is 26.6 Å². The first-order valence-electron chi connectivity index (χ1n) is 3.18. The first-order valence-corrected chi connectivity index (χ1v) is 4.66. The molecule has 0 aliphatic heterocycles. The molecule has 0 rings (SSSR count). The zero-order valence-corrected chi connectivity index (χ0v) is 7.46. The monoisotopic (exact) mass is 192 g/mol. The topological polar surface area (TPSA) is 72.6 Å². The van der Waals surface area contributed by atoms with Gasteiger partial charge in [0.25, 0.3) is 0 Å². The zero-order chi connectivity index (χ0) is 9.61. The van der Waals surface area contributed by atoms with Gasteiger partial charge in [-0.25, -0.2) is 5.14 Å². The highest BCUT2D eigenvalue weighted by Gasteiger charge is 2.09. The number of nitrogens with zero attached hydrogens (tertiary/aromatic N) is 1. The molecule has 70 valence electrons. The molecule has 0 unspecified atom stereocenters. The summed E-state index contributed by atoms with van der Waals surface area (Å²) in [5, 5.41) is 5.76. The molecule has 0 bridgehead atoms. The predicted octanol–water partition coefficient (Wildman–Crippen LogP) is -0.204. The van der Waals surface area contributed by atoms with Crippen molar-refractivity contribution in [3.8, 4) is 0 Å². The van der Waals surface area contributed by atoms with Gasteiger partial charge in [0.2, 0.25) is 0 Å². The fourth-order valence-corrected chi connectivity index (χ4v) is 0.986. The van der Waals surface area contributed by atoms with Crippen LogP contribution in [-0.2, 0) is 14.6 Å². The molecule has 0 aliphatic carbocycles. The minimum absolute atomic E-state index is 0.266. The van der Waals surface area contributed by atoms with Crippen LogP contribution in [0.4, 0.5) is 0 Å². The lowest BCUT2D eigenvalue weighted by molar-refractivity contribution is -0.0282. The standard InChI is InChI=1S/C6H12N2O3S/c1-3-5-8(6-4-2)11-12(7,9)10/h3-4H,1-2,5-6H2,(H2,7,9,10). The van der Waals surface area contributed by atoms with Crippen molar-refractivity contribution in [3.05, 3.63) is 25.3 Å². The van der Waals surface area contributed by atoms with Crippen LogP contribution in [0.15, 0.2) is 25.3 Å². The lowest BCUT2D eigenvalue weighted by Crippen LogP contribution is -2.31. The van der Waals surface area contributed by atoms with E-state index in [1.807, 2.05) is 0 Å². The summed E-state index contributed by atoms with van der Waals surface area (Å²) in [6.45, 7) is 7.37. The van der Waals surface area contributed by atoms with Crippen molar-refractivity contribution < 1.29 is 12.7 Å². The smallest absolute Gasteiger partial charge is 0.204 e. The Kier molecular flexibility index (Phi) is 4.75. The average molecular weight is 192 g/mol. The molecule has 0 spiro atoms. The third-order valence-corrected chi connectivity index (χ3v) is 1.29. The quantitative estimate of drug-likeness (QED) is 0.467. The third-order valence-electron chi connectivity index (χ3n) is 0.875. The maximum absolute atomic E-state index is 10.4. The molecule has 5 nitrogen and oxygen atoms in total. The molecule has 0 saturated heterocycles. The fraction of sp³-hybridized carbons (Fsp3) is 0.333. The van der Waals surface area contributed by atoms with Crippen molar-refractivity contribution in [1.82, 2.24) is 5.06 Å². The van der Waals surface area contributed by atoms with Gasteiger partial charge in [0, 0.05) is 13.1 Å². The van der Waals surface area contributed by atoms with Crippen molar-refractivity contribution in [2.45, 2.75) is 0 Å². The van der Waals surface area contributed by atoms with Crippen molar-refractivity contribution >= 4 is 10.3 Å². The number of hydroxylamine groups is 2. The van der Waals surface area contributed by atoms with Crippen LogP contribution < -0.4 is 5.14 Å². The Morgan fingerprint density at radius 1 is 1.33 bits per heavy atom. The molecule has 0 saturated carbocycles. The molecule has 12 heavy (non-hydrogen) atoms. The van der Waals surface area contributed by atoms with E-state index in [9.17, 15) is 8.42 Å². The highest BCUT2D eigenvalue weighted by atomic mass is 32.2. The first-order chi connectivity index (χ1) is 5.49. The molecule has 0 aromatic rings. The van der Waals surface area contributed by atoms with E-state index in [0.717, 1.165) is 5.06 Å². The van der Waals surface area contributed by atoms with Crippen LogP contribution in [0.1, 0.15) is 0 Å². The lowest BCUT2D eigenvalue weighted by atomic mass is 10.5. The number of nitrogens with two attached hydrogens (primary N) is 1. The highest BCUT2D eigenvalue weighted by Crippen LogP contribution is 1.94. The minimum Gasteiger partial charge on any atom is -0.204 e. The second-order valence-electron chi connectivity index (χ2n) is 1.99. The van der Waals surface area contributed by atoms with Crippen LogP contribution >= 0.6 is 0 Å². The second kappa shape index (κ2) is 5.04. The van der Waals surface area contributed by atoms with Gasteiger partial charge in [0.1, 0.15) is 0 Å². The summed E-state index contributed by atoms with van der Waals surface area (Å²) in [6.07, 6.45) is 2.99. The Hall–Kier alpha value is -0.690. The molecule has 0 aromatic heterocycles. The Balaban J connectivity index is 4.12. The first kappa shape index (κ1) is 11.3. The zero-order valence-electron chi connectivity index (χ0n) is 6.64. The van der Waals surface area contributed by atoms with Crippen molar-refractivity contribution in [2.75, 3.05) is 13.1 Å². The molecule has 0 aliphatic rings. The van der Waals surface area contributed by atoms with E-state index in [-0.39, 0.29) is 13.1 Å². The van der Waals surface area contributed by atoms with Gasteiger partial charge in [-0.3, -0.25) is 0 Å². The van der Waals surface area contributed by atoms with Crippen molar-refractivity contribution in [3.63, 3.8) is 0 Å². The predicted molar refractivity (Wildman–Crippen MR) is 46.2 cm³/mol. The molecule has 0 radical (unpaired) electrons. The van der Waals surface area contributed by atoms with E-state index in [2.05, 4.69) is 22.6 Å². The summed E-state index contributed by atoms with van der Waals surface area (Å²) < 4.78 is 25.2. The van der Waals surface area contributed by atoms with Gasteiger partial charge in [-0.05, 0) is 0 Å². The second-order valence-corrected chi connectivity index (χ2v) is 3.13.